The number of aromatic nitrogens is 1. The molecule has 0 aliphatic carbocycles. The minimum absolute atomic E-state index is 0.724. The maximum Gasteiger partial charge on any atom is 0.126 e. The van der Waals surface area contributed by atoms with Crippen molar-refractivity contribution in [2.45, 2.75) is 4.90 Å². The van der Waals surface area contributed by atoms with Gasteiger partial charge >= 0.3 is 0 Å². The molecule has 0 radical (unpaired) electrons. The average Bonchev–Trinajstić information content (AvgIpc) is 2.57. The van der Waals surface area contributed by atoms with Crippen molar-refractivity contribution in [2.75, 3.05) is 5.73 Å². The summed E-state index contributed by atoms with van der Waals surface area (Å²) in [5.74, 6) is 0. The fourth-order valence-corrected chi connectivity index (χ4v) is 2.25. The normalized spacial score (nSPS) is 10.2. The molecular weight excluding hydrogens is 200 g/mol. The highest BCUT2D eigenvalue weighted by Crippen LogP contribution is 2.32. The number of thiazole rings is 1. The molecule has 0 saturated carbocycles. The van der Waals surface area contributed by atoms with Crippen molar-refractivity contribution in [3.8, 4) is 10.6 Å². The summed E-state index contributed by atoms with van der Waals surface area (Å²) in [4.78, 5) is 5.07. The molecule has 4 heteroatoms. The molecule has 2 aromatic rings. The Balaban J connectivity index is 2.64. The number of thiol groups is 1. The van der Waals surface area contributed by atoms with Gasteiger partial charge in [0.05, 0.1) is 0 Å². The summed E-state index contributed by atoms with van der Waals surface area (Å²) < 4.78 is 0. The Morgan fingerprint density at radius 1 is 1.38 bits per heavy atom. The van der Waals surface area contributed by atoms with Crippen molar-refractivity contribution in [3.05, 3.63) is 29.8 Å². The molecule has 66 valence electrons. The van der Waals surface area contributed by atoms with Gasteiger partial charge in [-0.3, -0.25) is 0 Å². The van der Waals surface area contributed by atoms with Gasteiger partial charge in [-0.1, -0.05) is 6.07 Å². The van der Waals surface area contributed by atoms with E-state index in [1.165, 1.54) is 0 Å². The average molecular weight is 208 g/mol. The third-order valence-corrected chi connectivity index (χ3v) is 2.88. The van der Waals surface area contributed by atoms with E-state index in [9.17, 15) is 0 Å². The van der Waals surface area contributed by atoms with Crippen LogP contribution in [0.25, 0.3) is 10.6 Å². The topological polar surface area (TPSA) is 38.9 Å². The maximum atomic E-state index is 5.83. The predicted octanol–water partition coefficient (Wildman–Crippen LogP) is 2.68. The molecule has 2 nitrogen and oxygen atoms in total. The van der Waals surface area contributed by atoms with E-state index >= 15 is 0 Å². The van der Waals surface area contributed by atoms with Gasteiger partial charge < -0.3 is 5.73 Å². The SMILES string of the molecule is Nc1cccc(S)c1-c1nccs1. The van der Waals surface area contributed by atoms with Crippen LogP contribution in [0.2, 0.25) is 0 Å². The lowest BCUT2D eigenvalue weighted by molar-refractivity contribution is 1.37. The molecule has 1 aromatic carbocycles. The second-order valence-corrected chi connectivity index (χ2v) is 3.95. The number of hydrogen-bond acceptors (Lipinski definition) is 4. The van der Waals surface area contributed by atoms with Gasteiger partial charge in [-0.15, -0.1) is 24.0 Å². The summed E-state index contributed by atoms with van der Waals surface area (Å²) in [6, 6.07) is 5.65. The highest BCUT2D eigenvalue weighted by molar-refractivity contribution is 7.80. The maximum absolute atomic E-state index is 5.83. The van der Waals surface area contributed by atoms with Crippen molar-refractivity contribution in [1.82, 2.24) is 4.98 Å². The molecule has 0 saturated heterocycles. The Morgan fingerprint density at radius 3 is 2.85 bits per heavy atom. The van der Waals surface area contributed by atoms with Gasteiger partial charge in [-0.2, -0.15) is 0 Å². The van der Waals surface area contributed by atoms with Crippen LogP contribution in [0.4, 0.5) is 5.69 Å². The summed E-state index contributed by atoms with van der Waals surface area (Å²) in [7, 11) is 0. The molecule has 1 aromatic heterocycles. The fraction of sp³-hybridized carbons (Fsp3) is 0. The summed E-state index contributed by atoms with van der Waals surface area (Å²) in [6.07, 6.45) is 1.76. The predicted molar refractivity (Wildman–Crippen MR) is 59.2 cm³/mol. The van der Waals surface area contributed by atoms with Gasteiger partial charge in [-0.05, 0) is 12.1 Å². The number of nitrogens with two attached hydrogens (primary N) is 1. The van der Waals surface area contributed by atoms with E-state index in [1.54, 1.807) is 17.5 Å². The quantitative estimate of drug-likeness (QED) is 0.558. The molecule has 0 amide bonds. The summed E-state index contributed by atoms with van der Waals surface area (Å²) >= 11 is 5.91. The summed E-state index contributed by atoms with van der Waals surface area (Å²) in [5.41, 5.74) is 7.49. The summed E-state index contributed by atoms with van der Waals surface area (Å²) in [6.45, 7) is 0. The molecule has 0 bridgehead atoms. The largest absolute Gasteiger partial charge is 0.398 e. The smallest absolute Gasteiger partial charge is 0.126 e. The highest BCUT2D eigenvalue weighted by atomic mass is 32.1. The van der Waals surface area contributed by atoms with Crippen LogP contribution in [0.5, 0.6) is 0 Å². The van der Waals surface area contributed by atoms with Crippen LogP contribution in [-0.2, 0) is 0 Å². The van der Waals surface area contributed by atoms with E-state index in [-0.39, 0.29) is 0 Å². The molecule has 2 rings (SSSR count). The number of anilines is 1. The molecule has 2 N–H and O–H groups in total. The van der Waals surface area contributed by atoms with Crippen LogP contribution in [0, 0.1) is 0 Å². The zero-order valence-electron chi connectivity index (χ0n) is 6.77. The van der Waals surface area contributed by atoms with Crippen LogP contribution in [-0.4, -0.2) is 4.98 Å². The minimum atomic E-state index is 0.724. The lowest BCUT2D eigenvalue weighted by Gasteiger charge is -2.04. The van der Waals surface area contributed by atoms with Gasteiger partial charge in [0.25, 0.3) is 0 Å². The molecule has 0 aliphatic heterocycles. The standard InChI is InChI=1S/C9H8N2S2/c10-6-2-1-3-7(12)8(6)9-11-4-5-13-9/h1-5,12H,10H2. The lowest BCUT2D eigenvalue weighted by Crippen LogP contribution is -1.90. The zero-order valence-corrected chi connectivity index (χ0v) is 8.48. The monoisotopic (exact) mass is 208 g/mol. The first kappa shape index (κ1) is 8.59. The van der Waals surface area contributed by atoms with E-state index in [0.717, 1.165) is 21.2 Å². The van der Waals surface area contributed by atoms with E-state index in [2.05, 4.69) is 17.6 Å². The van der Waals surface area contributed by atoms with Gasteiger partial charge in [0.15, 0.2) is 0 Å². The Labute approximate surface area is 85.8 Å². The molecule has 0 spiro atoms. The summed E-state index contributed by atoms with van der Waals surface area (Å²) in [5, 5.41) is 2.85. The lowest BCUT2D eigenvalue weighted by atomic mass is 10.2. The first-order chi connectivity index (χ1) is 6.29. The molecule has 0 atom stereocenters. The van der Waals surface area contributed by atoms with Gasteiger partial charge in [0, 0.05) is 27.7 Å². The van der Waals surface area contributed by atoms with Gasteiger partial charge in [0.1, 0.15) is 5.01 Å². The number of rotatable bonds is 1. The van der Waals surface area contributed by atoms with Crippen molar-refractivity contribution in [1.29, 1.82) is 0 Å². The van der Waals surface area contributed by atoms with E-state index in [1.807, 2.05) is 23.6 Å². The first-order valence-electron chi connectivity index (χ1n) is 3.76. The second kappa shape index (κ2) is 3.40. The number of nitrogen functional groups attached to an aromatic ring is 1. The zero-order chi connectivity index (χ0) is 9.26. The van der Waals surface area contributed by atoms with Crippen LogP contribution in [0.15, 0.2) is 34.7 Å². The van der Waals surface area contributed by atoms with Crippen LogP contribution in [0.1, 0.15) is 0 Å². The Bertz CT molecular complexity index is 389. The molecule has 1 heterocycles. The highest BCUT2D eigenvalue weighted by Gasteiger charge is 2.07. The molecule has 13 heavy (non-hydrogen) atoms. The fourth-order valence-electron chi connectivity index (χ4n) is 1.14. The van der Waals surface area contributed by atoms with E-state index in [4.69, 9.17) is 5.73 Å². The second-order valence-electron chi connectivity index (χ2n) is 2.58. The van der Waals surface area contributed by atoms with Gasteiger partial charge in [0.2, 0.25) is 0 Å². The van der Waals surface area contributed by atoms with Crippen molar-refractivity contribution in [3.63, 3.8) is 0 Å². The van der Waals surface area contributed by atoms with Crippen LogP contribution in [0.3, 0.4) is 0 Å². The number of hydrogen-bond donors (Lipinski definition) is 2. The molecular formula is C9H8N2S2. The molecule has 0 fully saturated rings. The van der Waals surface area contributed by atoms with E-state index < -0.39 is 0 Å². The Kier molecular flexibility index (Phi) is 2.24. The molecule has 0 unspecified atom stereocenters. The van der Waals surface area contributed by atoms with Crippen molar-refractivity contribution >= 4 is 29.7 Å². The Morgan fingerprint density at radius 2 is 2.23 bits per heavy atom. The van der Waals surface area contributed by atoms with Gasteiger partial charge in [-0.25, -0.2) is 4.98 Å². The van der Waals surface area contributed by atoms with E-state index in [0.29, 0.717) is 0 Å². The van der Waals surface area contributed by atoms with Crippen LogP contribution >= 0.6 is 24.0 Å². The van der Waals surface area contributed by atoms with Crippen molar-refractivity contribution in [2.24, 2.45) is 0 Å². The number of nitrogens with zero attached hydrogens (tertiary/aromatic N) is 1. The van der Waals surface area contributed by atoms with Crippen LogP contribution < -0.4 is 5.73 Å². The third kappa shape index (κ3) is 1.55. The molecule has 0 aliphatic rings. The number of benzene rings is 1. The third-order valence-electron chi connectivity index (χ3n) is 1.72. The minimum Gasteiger partial charge on any atom is -0.398 e. The first-order valence-corrected chi connectivity index (χ1v) is 5.09. The Hall–Kier alpha value is -1.00. The van der Waals surface area contributed by atoms with Crippen molar-refractivity contribution < 1.29 is 0 Å².